The molecule has 2 aromatic rings. The van der Waals surface area contributed by atoms with E-state index in [1.54, 1.807) is 3.71 Å². The van der Waals surface area contributed by atoms with E-state index in [1.165, 1.54) is 68.8 Å². The third kappa shape index (κ3) is 7.41. The van der Waals surface area contributed by atoms with Gasteiger partial charge in [0.05, 0.1) is 0 Å². The number of ether oxygens (including phenoxy) is 1. The summed E-state index contributed by atoms with van der Waals surface area (Å²) in [6.07, 6.45) is 8.18. The molecule has 0 aliphatic carbocycles. The summed E-state index contributed by atoms with van der Waals surface area (Å²) in [5.41, 5.74) is 1.39. The second-order valence-corrected chi connectivity index (χ2v) is 29.1. The molecule has 1 aromatic carbocycles. The second kappa shape index (κ2) is 12.7. The van der Waals surface area contributed by atoms with Crippen molar-refractivity contribution in [3.8, 4) is 0 Å². The van der Waals surface area contributed by atoms with Gasteiger partial charge in [0, 0.05) is 0 Å². The molecule has 30 heavy (non-hydrogen) atoms. The van der Waals surface area contributed by atoms with E-state index in [2.05, 4.69) is 75.3 Å². The van der Waals surface area contributed by atoms with Crippen LogP contribution in [0.25, 0.3) is 10.9 Å². The van der Waals surface area contributed by atoms with Crippen LogP contribution in [0.4, 0.5) is 0 Å². The number of aromatic nitrogens is 1. The van der Waals surface area contributed by atoms with Crippen LogP contribution in [0.3, 0.4) is 0 Å². The molecule has 0 amide bonds. The van der Waals surface area contributed by atoms with E-state index in [9.17, 15) is 0 Å². The van der Waals surface area contributed by atoms with Crippen LogP contribution in [0.1, 0.15) is 59.3 Å². The van der Waals surface area contributed by atoms with Crippen molar-refractivity contribution in [2.75, 3.05) is 6.61 Å². The van der Waals surface area contributed by atoms with E-state index < -0.39 is 26.5 Å². The molecule has 0 aliphatic rings. The van der Waals surface area contributed by atoms with Gasteiger partial charge in [-0.15, -0.1) is 0 Å². The Kier molecular flexibility index (Phi) is 11.0. The summed E-state index contributed by atoms with van der Waals surface area (Å²) in [5.74, 6) is 0. The summed E-state index contributed by atoms with van der Waals surface area (Å²) < 4.78 is 15.2. The van der Waals surface area contributed by atoms with Gasteiger partial charge in [-0.25, -0.2) is 0 Å². The molecule has 170 valence electrons. The van der Waals surface area contributed by atoms with Gasteiger partial charge in [-0.1, -0.05) is 0 Å². The van der Waals surface area contributed by atoms with Crippen molar-refractivity contribution in [1.29, 1.82) is 0 Å². The van der Waals surface area contributed by atoms with E-state index in [0.717, 1.165) is 13.3 Å². The van der Waals surface area contributed by atoms with Crippen LogP contribution in [0.2, 0.25) is 39.0 Å². The van der Waals surface area contributed by atoms with Gasteiger partial charge in [0.25, 0.3) is 0 Å². The molecule has 0 saturated carbocycles. The van der Waals surface area contributed by atoms with E-state index in [4.69, 9.17) is 4.74 Å². The Bertz CT molecular complexity index is 727. The maximum atomic E-state index is 6.34. The van der Waals surface area contributed by atoms with Crippen LogP contribution >= 0.6 is 0 Å². The molecule has 0 aliphatic heterocycles. The Morgan fingerprint density at radius 3 is 1.97 bits per heavy atom. The van der Waals surface area contributed by atoms with Crippen molar-refractivity contribution >= 4 is 41.1 Å². The SMILES string of the molecule is CCC[CH2][Sn]([CH2]CCC)([CH2]CCC)[c]1cc2ccccc2n1COCC[Si](C)(C)C. The fourth-order valence-electron chi connectivity index (χ4n) is 4.63. The first-order valence-corrected chi connectivity index (χ1v) is 23.7. The fraction of sp³-hybridized carbons (Fsp3) is 0.692. The molecule has 1 aromatic heterocycles. The van der Waals surface area contributed by atoms with Crippen LogP contribution in [0.15, 0.2) is 30.3 Å². The Hall–Kier alpha value is -0.264. The summed E-state index contributed by atoms with van der Waals surface area (Å²) in [6, 6.07) is 12.9. The van der Waals surface area contributed by atoms with Gasteiger partial charge in [-0.05, 0) is 0 Å². The minimum atomic E-state index is -2.51. The molecule has 0 unspecified atom stereocenters. The summed E-state index contributed by atoms with van der Waals surface area (Å²) >= 11 is -2.51. The molecule has 0 radical (unpaired) electrons. The first-order valence-electron chi connectivity index (χ1n) is 12.5. The number of benzene rings is 1. The van der Waals surface area contributed by atoms with Gasteiger partial charge in [-0.2, -0.15) is 0 Å². The molecule has 0 atom stereocenters. The van der Waals surface area contributed by atoms with Crippen molar-refractivity contribution in [2.24, 2.45) is 0 Å². The van der Waals surface area contributed by atoms with Crippen LogP contribution in [0, 0.1) is 0 Å². The number of para-hydroxylation sites is 1. The van der Waals surface area contributed by atoms with Crippen molar-refractivity contribution in [2.45, 2.75) is 105 Å². The molecule has 4 heteroatoms. The molecule has 0 fully saturated rings. The number of unbranched alkanes of at least 4 members (excludes halogenated alkanes) is 3. The molecule has 0 saturated heterocycles. The van der Waals surface area contributed by atoms with Gasteiger partial charge < -0.3 is 0 Å². The monoisotopic (exact) mass is 537 g/mol. The summed E-state index contributed by atoms with van der Waals surface area (Å²) in [4.78, 5) is 0. The Morgan fingerprint density at radius 1 is 0.867 bits per heavy atom. The quantitative estimate of drug-likeness (QED) is 0.166. The molecule has 2 nitrogen and oxygen atoms in total. The first kappa shape index (κ1) is 26.0. The number of hydrogen-bond acceptors (Lipinski definition) is 1. The third-order valence-electron chi connectivity index (χ3n) is 6.60. The van der Waals surface area contributed by atoms with Crippen molar-refractivity contribution in [3.05, 3.63) is 30.3 Å². The average molecular weight is 536 g/mol. The van der Waals surface area contributed by atoms with Crippen LogP contribution in [-0.4, -0.2) is 37.6 Å². The van der Waals surface area contributed by atoms with Gasteiger partial charge >= 0.3 is 192 Å². The molecular formula is C26H47NOSiSn. The van der Waals surface area contributed by atoms with Gasteiger partial charge in [0.15, 0.2) is 0 Å². The van der Waals surface area contributed by atoms with Crippen molar-refractivity contribution < 1.29 is 4.74 Å². The van der Waals surface area contributed by atoms with Crippen LogP contribution in [0.5, 0.6) is 0 Å². The van der Waals surface area contributed by atoms with Gasteiger partial charge in [0.2, 0.25) is 0 Å². The van der Waals surface area contributed by atoms with E-state index >= 15 is 0 Å². The van der Waals surface area contributed by atoms with E-state index in [0.29, 0.717) is 0 Å². The third-order valence-corrected chi connectivity index (χ3v) is 23.8. The number of hydrogen-bond donors (Lipinski definition) is 0. The maximum absolute atomic E-state index is 6.34. The minimum absolute atomic E-state index is 0.746. The van der Waals surface area contributed by atoms with Crippen LogP contribution in [-0.2, 0) is 11.5 Å². The first-order chi connectivity index (χ1) is 14.4. The topological polar surface area (TPSA) is 14.2 Å². The average Bonchev–Trinajstić information content (AvgIpc) is 3.09. The standard InChI is InChI=1S/C14H20NOSi.3C4H9.Sn/c1-17(2,3)11-10-16-12-15-9-8-13-6-4-5-7-14(13)15;3*1-3-4-2;/h4-8H,10-12H2,1-3H3;3*1,3-4H2,2H3;. The molecule has 1 heterocycles. The molecule has 0 bridgehead atoms. The Morgan fingerprint density at radius 2 is 1.43 bits per heavy atom. The van der Waals surface area contributed by atoms with E-state index in [1.807, 2.05) is 0 Å². The Labute approximate surface area is 191 Å². The second-order valence-electron chi connectivity index (χ2n) is 10.5. The molecular weight excluding hydrogens is 489 g/mol. The molecule has 0 N–H and O–H groups in total. The molecule has 0 spiro atoms. The molecule has 2 rings (SSSR count). The predicted molar refractivity (Wildman–Crippen MR) is 141 cm³/mol. The zero-order valence-corrected chi connectivity index (χ0v) is 24.6. The van der Waals surface area contributed by atoms with Crippen LogP contribution < -0.4 is 3.71 Å². The normalized spacial score (nSPS) is 12.7. The summed E-state index contributed by atoms with van der Waals surface area (Å²) in [5, 5.41) is 1.42. The van der Waals surface area contributed by atoms with Crippen molar-refractivity contribution in [1.82, 2.24) is 4.57 Å². The van der Waals surface area contributed by atoms with Gasteiger partial charge in [0.1, 0.15) is 0 Å². The van der Waals surface area contributed by atoms with Gasteiger partial charge in [-0.3, -0.25) is 0 Å². The van der Waals surface area contributed by atoms with E-state index in [-0.39, 0.29) is 0 Å². The number of rotatable bonds is 15. The fourth-order valence-corrected chi connectivity index (χ4v) is 22.0. The summed E-state index contributed by atoms with van der Waals surface area (Å²) in [7, 11) is -1.06. The zero-order chi connectivity index (χ0) is 22.0. The predicted octanol–water partition coefficient (Wildman–Crippen LogP) is 8.01. The summed E-state index contributed by atoms with van der Waals surface area (Å²) in [6.45, 7) is 16.1. The number of fused-ring (bicyclic) bond motifs is 1. The zero-order valence-electron chi connectivity index (χ0n) is 20.7. The van der Waals surface area contributed by atoms with Crippen molar-refractivity contribution in [3.63, 3.8) is 0 Å². The Balaban J connectivity index is 2.44. The number of nitrogens with zero attached hydrogens (tertiary/aromatic N) is 1.